The third-order valence-electron chi connectivity index (χ3n) is 1.53. The minimum Gasteiger partial charge on any atom is -0.274 e. The van der Waals surface area contributed by atoms with Gasteiger partial charge in [0.25, 0.3) is 5.91 Å². The van der Waals surface area contributed by atoms with Crippen molar-refractivity contribution in [1.29, 1.82) is 0 Å². The third kappa shape index (κ3) is 3.71. The summed E-state index contributed by atoms with van der Waals surface area (Å²) in [5, 5.41) is 1.17. The monoisotopic (exact) mass is 181 g/mol. The number of allylic oxidation sites excluding steroid dienone is 3. The fourth-order valence-electron chi connectivity index (χ4n) is 0.727. The second-order valence-corrected chi connectivity index (χ2v) is 2.32. The van der Waals surface area contributed by atoms with Gasteiger partial charge in [0.05, 0.1) is 7.11 Å². The molecule has 0 radical (unpaired) electrons. The molecule has 3 heteroatoms. The highest BCUT2D eigenvalue weighted by molar-refractivity contribution is 5.95. The molecule has 0 aromatic rings. The van der Waals surface area contributed by atoms with Gasteiger partial charge < -0.3 is 0 Å². The van der Waals surface area contributed by atoms with Crippen LogP contribution in [0.5, 0.6) is 0 Å². The van der Waals surface area contributed by atoms with Crippen LogP contribution in [0.1, 0.15) is 6.92 Å². The zero-order valence-electron chi connectivity index (χ0n) is 8.28. The molecule has 0 saturated heterocycles. The smallest absolute Gasteiger partial charge is 0.274 e. The van der Waals surface area contributed by atoms with Crippen LogP contribution in [0.2, 0.25) is 0 Å². The van der Waals surface area contributed by atoms with Gasteiger partial charge in [-0.2, -0.15) is 0 Å². The molecule has 0 rings (SSSR count). The van der Waals surface area contributed by atoms with Gasteiger partial charge in [-0.15, -0.1) is 0 Å². The summed E-state index contributed by atoms with van der Waals surface area (Å²) >= 11 is 0. The molecule has 3 nitrogen and oxygen atoms in total. The third-order valence-corrected chi connectivity index (χ3v) is 1.53. The van der Waals surface area contributed by atoms with Crippen molar-refractivity contribution in [1.82, 2.24) is 5.06 Å². The number of amides is 1. The minimum absolute atomic E-state index is 0.178. The molecule has 0 saturated carbocycles. The molecule has 0 N–H and O–H groups in total. The largest absolute Gasteiger partial charge is 0.276 e. The molecule has 72 valence electrons. The first-order valence-electron chi connectivity index (χ1n) is 3.95. The molecule has 13 heavy (non-hydrogen) atoms. The molecule has 1 amide bonds. The van der Waals surface area contributed by atoms with Gasteiger partial charge in [0.1, 0.15) is 0 Å². The van der Waals surface area contributed by atoms with Crippen molar-refractivity contribution in [2.24, 2.45) is 0 Å². The maximum absolute atomic E-state index is 11.5. The van der Waals surface area contributed by atoms with Gasteiger partial charge in [0, 0.05) is 12.6 Å². The first-order chi connectivity index (χ1) is 6.17. The fraction of sp³-hybridized carbons (Fsp3) is 0.300. The molecule has 0 aliphatic rings. The van der Waals surface area contributed by atoms with Crippen molar-refractivity contribution >= 4 is 5.91 Å². The summed E-state index contributed by atoms with van der Waals surface area (Å²) in [4.78, 5) is 16.2. The fourth-order valence-corrected chi connectivity index (χ4v) is 0.727. The Hall–Kier alpha value is -1.35. The summed E-state index contributed by atoms with van der Waals surface area (Å²) in [6.07, 6.45) is 6.73. The topological polar surface area (TPSA) is 29.5 Å². The van der Waals surface area contributed by atoms with Crippen molar-refractivity contribution in [2.75, 3.05) is 14.2 Å². The van der Waals surface area contributed by atoms with E-state index in [1.807, 2.05) is 0 Å². The Balaban J connectivity index is 4.51. The van der Waals surface area contributed by atoms with Crippen LogP contribution in [0, 0.1) is 0 Å². The Bertz CT molecular complexity index is 241. The van der Waals surface area contributed by atoms with Crippen LogP contribution in [-0.4, -0.2) is 25.1 Å². The van der Waals surface area contributed by atoms with Gasteiger partial charge in [0.15, 0.2) is 0 Å². The Morgan fingerprint density at radius 1 is 1.54 bits per heavy atom. The van der Waals surface area contributed by atoms with Crippen molar-refractivity contribution < 1.29 is 9.63 Å². The number of hydroxylamine groups is 2. The Labute approximate surface area is 78.9 Å². The van der Waals surface area contributed by atoms with E-state index in [2.05, 4.69) is 6.58 Å². The molecule has 0 aliphatic carbocycles. The van der Waals surface area contributed by atoms with Crippen molar-refractivity contribution in [2.45, 2.75) is 6.92 Å². The molecule has 0 unspecified atom stereocenters. The van der Waals surface area contributed by atoms with Crippen molar-refractivity contribution in [3.63, 3.8) is 0 Å². The lowest BCUT2D eigenvalue weighted by atomic mass is 10.2. The lowest BCUT2D eigenvalue weighted by Crippen LogP contribution is -2.26. The number of rotatable bonds is 4. The van der Waals surface area contributed by atoms with Gasteiger partial charge in [-0.3, -0.25) is 9.63 Å². The predicted molar refractivity (Wildman–Crippen MR) is 52.9 cm³/mol. The van der Waals surface area contributed by atoms with Crippen LogP contribution in [-0.2, 0) is 9.63 Å². The second-order valence-electron chi connectivity index (χ2n) is 2.32. The van der Waals surface area contributed by atoms with E-state index in [0.717, 1.165) is 0 Å². The zero-order chi connectivity index (χ0) is 10.3. The van der Waals surface area contributed by atoms with Crippen LogP contribution in [0.15, 0.2) is 36.5 Å². The number of carbonyl (C=O) groups is 1. The van der Waals surface area contributed by atoms with Gasteiger partial charge in [-0.25, -0.2) is 5.06 Å². The highest BCUT2D eigenvalue weighted by Gasteiger charge is 2.10. The maximum atomic E-state index is 11.5. The van der Waals surface area contributed by atoms with Crippen molar-refractivity contribution in [3.05, 3.63) is 36.5 Å². The first kappa shape index (κ1) is 11.6. The molecule has 0 aromatic heterocycles. The highest BCUT2D eigenvalue weighted by Crippen LogP contribution is 2.02. The number of hydrogen-bond donors (Lipinski definition) is 0. The van der Waals surface area contributed by atoms with Gasteiger partial charge in [-0.05, 0) is 13.0 Å². The minimum atomic E-state index is -0.178. The maximum Gasteiger partial charge on any atom is 0.276 e. The number of nitrogens with zero attached hydrogens (tertiary/aromatic N) is 1. The summed E-state index contributed by atoms with van der Waals surface area (Å²) in [6, 6.07) is 0. The normalized spacial score (nSPS) is 11.8. The van der Waals surface area contributed by atoms with E-state index in [1.54, 1.807) is 38.3 Å². The molecular formula is C10H15NO2. The molecule has 0 aromatic carbocycles. The summed E-state index contributed by atoms with van der Waals surface area (Å²) in [5.74, 6) is -0.178. The van der Waals surface area contributed by atoms with Crippen molar-refractivity contribution in [3.8, 4) is 0 Å². The van der Waals surface area contributed by atoms with E-state index in [4.69, 9.17) is 4.84 Å². The predicted octanol–water partition coefficient (Wildman–Crippen LogP) is 1.69. The molecule has 0 atom stereocenters. The van der Waals surface area contributed by atoms with Crippen LogP contribution in [0.3, 0.4) is 0 Å². The average Bonchev–Trinajstić information content (AvgIpc) is 2.17. The zero-order valence-corrected chi connectivity index (χ0v) is 8.28. The molecule has 0 spiro atoms. The van der Waals surface area contributed by atoms with E-state index in [-0.39, 0.29) is 5.91 Å². The standard InChI is InChI=1S/C10H15NO2/c1-5-7-8-9(6-2)10(12)11(3)13-4/h5-8H,1H2,2-4H3/b8-7-,9-6+. The van der Waals surface area contributed by atoms with Crippen LogP contribution in [0.4, 0.5) is 0 Å². The molecule has 0 fully saturated rings. The van der Waals surface area contributed by atoms with Crippen LogP contribution in [0.25, 0.3) is 0 Å². The van der Waals surface area contributed by atoms with E-state index >= 15 is 0 Å². The Kier molecular flexibility index (Phi) is 5.55. The number of carbonyl (C=O) groups excluding carboxylic acids is 1. The summed E-state index contributed by atoms with van der Waals surface area (Å²) < 4.78 is 0. The summed E-state index contributed by atoms with van der Waals surface area (Å²) in [6.45, 7) is 5.32. The Morgan fingerprint density at radius 3 is 2.54 bits per heavy atom. The molecule has 0 bridgehead atoms. The van der Waals surface area contributed by atoms with E-state index in [0.29, 0.717) is 5.57 Å². The molecule has 0 heterocycles. The van der Waals surface area contributed by atoms with Gasteiger partial charge in [-0.1, -0.05) is 24.8 Å². The number of hydrogen-bond acceptors (Lipinski definition) is 2. The SMILES string of the molecule is C=C/C=C\C(=C/C)C(=O)N(C)OC. The lowest BCUT2D eigenvalue weighted by molar-refractivity contribution is -0.163. The second kappa shape index (κ2) is 6.20. The lowest BCUT2D eigenvalue weighted by Gasteiger charge is -2.13. The summed E-state index contributed by atoms with van der Waals surface area (Å²) in [7, 11) is 3.01. The molecule has 0 aliphatic heterocycles. The van der Waals surface area contributed by atoms with Gasteiger partial charge in [0.2, 0.25) is 0 Å². The first-order valence-corrected chi connectivity index (χ1v) is 3.95. The summed E-state index contributed by atoms with van der Waals surface area (Å²) in [5.41, 5.74) is 0.573. The van der Waals surface area contributed by atoms with E-state index in [1.165, 1.54) is 12.2 Å². The van der Waals surface area contributed by atoms with Gasteiger partial charge >= 0.3 is 0 Å². The average molecular weight is 181 g/mol. The van der Waals surface area contributed by atoms with E-state index in [9.17, 15) is 4.79 Å². The Morgan fingerprint density at radius 2 is 2.15 bits per heavy atom. The van der Waals surface area contributed by atoms with Crippen LogP contribution >= 0.6 is 0 Å². The van der Waals surface area contributed by atoms with E-state index < -0.39 is 0 Å². The highest BCUT2D eigenvalue weighted by atomic mass is 16.7. The van der Waals surface area contributed by atoms with Crippen LogP contribution < -0.4 is 0 Å². The molecular weight excluding hydrogens is 166 g/mol. The quantitative estimate of drug-likeness (QED) is 0.375. The number of likely N-dealkylation sites (N-methyl/N-ethyl adjacent to an activating group) is 1.